The van der Waals surface area contributed by atoms with Crippen LogP contribution in [-0.2, 0) is 11.2 Å². The van der Waals surface area contributed by atoms with E-state index in [9.17, 15) is 9.18 Å². The first kappa shape index (κ1) is 22.5. The molecule has 0 aliphatic heterocycles. The zero-order valence-electron chi connectivity index (χ0n) is 17.2. The van der Waals surface area contributed by atoms with Gasteiger partial charge in [0.25, 0.3) is 5.89 Å². The SMILES string of the molecule is COc1c(CCCC(=O)O)cc(F)cc1-c1noc(-c2cnc(OC(C)C)c(Cl)c2)n1. The van der Waals surface area contributed by atoms with Crippen LogP contribution in [0.4, 0.5) is 4.39 Å². The number of aliphatic carboxylic acids is 1. The second-order valence-corrected chi connectivity index (χ2v) is 7.40. The normalized spacial score (nSPS) is 11.0. The second kappa shape index (κ2) is 9.74. The van der Waals surface area contributed by atoms with E-state index in [4.69, 9.17) is 30.7 Å². The molecule has 3 aromatic rings. The first-order chi connectivity index (χ1) is 14.8. The van der Waals surface area contributed by atoms with Crippen molar-refractivity contribution in [1.82, 2.24) is 15.1 Å². The minimum Gasteiger partial charge on any atom is -0.496 e. The lowest BCUT2D eigenvalue weighted by atomic mass is 10.0. The Morgan fingerprint density at radius 3 is 2.74 bits per heavy atom. The molecule has 164 valence electrons. The minimum absolute atomic E-state index is 0.0361. The van der Waals surface area contributed by atoms with Gasteiger partial charge in [-0.15, -0.1) is 0 Å². The van der Waals surface area contributed by atoms with Gasteiger partial charge in [-0.3, -0.25) is 4.79 Å². The fourth-order valence-corrected chi connectivity index (χ4v) is 3.19. The van der Waals surface area contributed by atoms with Crippen molar-refractivity contribution >= 4 is 17.6 Å². The van der Waals surface area contributed by atoms with Crippen LogP contribution in [0.1, 0.15) is 32.3 Å². The number of carbonyl (C=O) groups is 1. The summed E-state index contributed by atoms with van der Waals surface area (Å²) in [5.41, 5.74) is 1.28. The lowest BCUT2D eigenvalue weighted by Crippen LogP contribution is -2.07. The molecule has 1 aromatic carbocycles. The standard InChI is InChI=1S/C21H21ClFN3O5/c1-11(2)30-21-16(22)8-13(10-24-21)20-25-19(26-31-20)15-9-14(23)7-12(18(15)29-3)5-4-6-17(27)28/h7-11H,4-6H2,1-3H3,(H,27,28). The Kier molecular flexibility index (Phi) is 7.06. The molecule has 8 nitrogen and oxygen atoms in total. The number of hydrogen-bond donors (Lipinski definition) is 1. The number of pyridine rings is 1. The summed E-state index contributed by atoms with van der Waals surface area (Å²) in [5.74, 6) is -0.541. The Bertz CT molecular complexity index is 1090. The number of halogens is 2. The van der Waals surface area contributed by atoms with Gasteiger partial charge in [0.1, 0.15) is 16.6 Å². The van der Waals surface area contributed by atoms with Gasteiger partial charge in [-0.2, -0.15) is 4.98 Å². The van der Waals surface area contributed by atoms with Crippen molar-refractivity contribution in [1.29, 1.82) is 0 Å². The molecule has 0 unspecified atom stereocenters. The Labute approximate surface area is 183 Å². The van der Waals surface area contributed by atoms with E-state index < -0.39 is 11.8 Å². The molecule has 0 radical (unpaired) electrons. The summed E-state index contributed by atoms with van der Waals surface area (Å²) in [4.78, 5) is 19.3. The van der Waals surface area contributed by atoms with E-state index in [0.29, 0.717) is 35.3 Å². The molecule has 2 heterocycles. The molecule has 0 bridgehead atoms. The summed E-state index contributed by atoms with van der Waals surface area (Å²) in [5, 5.41) is 13.1. The monoisotopic (exact) mass is 449 g/mol. The zero-order valence-corrected chi connectivity index (χ0v) is 17.9. The summed E-state index contributed by atoms with van der Waals surface area (Å²) in [6.45, 7) is 3.72. The van der Waals surface area contributed by atoms with Crippen LogP contribution in [0.3, 0.4) is 0 Å². The van der Waals surface area contributed by atoms with E-state index in [0.717, 1.165) is 0 Å². The molecule has 2 aromatic heterocycles. The third-order valence-corrected chi connectivity index (χ3v) is 4.51. The van der Waals surface area contributed by atoms with Crippen LogP contribution >= 0.6 is 11.6 Å². The van der Waals surface area contributed by atoms with E-state index in [-0.39, 0.29) is 35.1 Å². The maximum atomic E-state index is 14.2. The van der Waals surface area contributed by atoms with Crippen molar-refractivity contribution in [3.05, 3.63) is 40.8 Å². The average Bonchev–Trinajstić information content (AvgIpc) is 3.18. The van der Waals surface area contributed by atoms with Gasteiger partial charge in [0, 0.05) is 12.6 Å². The average molecular weight is 450 g/mol. The van der Waals surface area contributed by atoms with Crippen molar-refractivity contribution in [3.63, 3.8) is 0 Å². The van der Waals surface area contributed by atoms with Crippen molar-refractivity contribution in [2.24, 2.45) is 0 Å². The first-order valence-electron chi connectivity index (χ1n) is 9.53. The molecular formula is C21H21ClFN3O5. The van der Waals surface area contributed by atoms with Gasteiger partial charge in [0.05, 0.1) is 24.3 Å². The third-order valence-electron chi connectivity index (χ3n) is 4.24. The number of benzene rings is 1. The maximum Gasteiger partial charge on any atom is 0.303 e. The predicted octanol–water partition coefficient (Wildman–Crippen LogP) is 4.79. The number of methoxy groups -OCH3 is 1. The number of aryl methyl sites for hydroxylation is 1. The van der Waals surface area contributed by atoms with Gasteiger partial charge in [0.2, 0.25) is 11.7 Å². The molecule has 3 rings (SSSR count). The van der Waals surface area contributed by atoms with Crippen LogP contribution in [0.2, 0.25) is 5.02 Å². The summed E-state index contributed by atoms with van der Waals surface area (Å²) >= 11 is 6.22. The first-order valence-corrected chi connectivity index (χ1v) is 9.91. The highest BCUT2D eigenvalue weighted by Crippen LogP contribution is 2.35. The van der Waals surface area contributed by atoms with Gasteiger partial charge in [0.15, 0.2) is 0 Å². The van der Waals surface area contributed by atoms with Crippen LogP contribution in [0, 0.1) is 5.82 Å². The summed E-state index contributed by atoms with van der Waals surface area (Å²) in [6.07, 6.45) is 2.02. The molecule has 0 saturated heterocycles. The van der Waals surface area contributed by atoms with Gasteiger partial charge < -0.3 is 19.1 Å². The number of ether oxygens (including phenoxy) is 2. The van der Waals surface area contributed by atoms with Gasteiger partial charge >= 0.3 is 5.97 Å². The van der Waals surface area contributed by atoms with Crippen molar-refractivity contribution in [3.8, 4) is 34.5 Å². The fourth-order valence-electron chi connectivity index (χ4n) is 2.98. The van der Waals surface area contributed by atoms with Crippen molar-refractivity contribution < 1.29 is 28.3 Å². The van der Waals surface area contributed by atoms with Crippen LogP contribution in [0.5, 0.6) is 11.6 Å². The summed E-state index contributed by atoms with van der Waals surface area (Å²) < 4.78 is 30.5. The molecular weight excluding hydrogens is 429 g/mol. The summed E-state index contributed by atoms with van der Waals surface area (Å²) in [7, 11) is 1.44. The van der Waals surface area contributed by atoms with E-state index in [1.54, 1.807) is 6.07 Å². The molecule has 0 aliphatic rings. The van der Waals surface area contributed by atoms with Crippen LogP contribution < -0.4 is 9.47 Å². The minimum atomic E-state index is -0.921. The highest BCUT2D eigenvalue weighted by Gasteiger charge is 2.20. The van der Waals surface area contributed by atoms with E-state index in [1.807, 2.05) is 13.8 Å². The number of aromatic nitrogens is 3. The molecule has 0 atom stereocenters. The Hall–Kier alpha value is -3.20. The topological polar surface area (TPSA) is 108 Å². The molecule has 0 fully saturated rings. The van der Waals surface area contributed by atoms with E-state index >= 15 is 0 Å². The number of rotatable bonds is 9. The fraction of sp³-hybridized carbons (Fsp3) is 0.333. The van der Waals surface area contributed by atoms with Gasteiger partial charge in [-0.1, -0.05) is 16.8 Å². The maximum absolute atomic E-state index is 14.2. The Morgan fingerprint density at radius 1 is 1.32 bits per heavy atom. The van der Waals surface area contributed by atoms with E-state index in [2.05, 4.69) is 15.1 Å². The lowest BCUT2D eigenvalue weighted by molar-refractivity contribution is -0.137. The molecule has 31 heavy (non-hydrogen) atoms. The lowest BCUT2D eigenvalue weighted by Gasteiger charge is -2.12. The van der Waals surface area contributed by atoms with Gasteiger partial charge in [-0.25, -0.2) is 9.37 Å². The molecule has 1 N–H and O–H groups in total. The summed E-state index contributed by atoms with van der Waals surface area (Å²) in [6, 6.07) is 4.13. The Balaban J connectivity index is 1.92. The second-order valence-electron chi connectivity index (χ2n) is 6.99. The number of hydrogen-bond acceptors (Lipinski definition) is 7. The third kappa shape index (κ3) is 5.49. The number of nitrogens with zero attached hydrogens (tertiary/aromatic N) is 3. The largest absolute Gasteiger partial charge is 0.496 e. The quantitative estimate of drug-likeness (QED) is 0.496. The van der Waals surface area contributed by atoms with E-state index in [1.165, 1.54) is 25.4 Å². The number of carboxylic acid groups (broad SMARTS) is 1. The Morgan fingerprint density at radius 2 is 2.10 bits per heavy atom. The van der Waals surface area contributed by atoms with Crippen molar-refractivity contribution in [2.75, 3.05) is 7.11 Å². The van der Waals surface area contributed by atoms with Crippen LogP contribution in [-0.4, -0.2) is 39.4 Å². The molecule has 10 heteroatoms. The highest BCUT2D eigenvalue weighted by molar-refractivity contribution is 6.32. The zero-order chi connectivity index (χ0) is 22.5. The molecule has 0 amide bonds. The number of carboxylic acids is 1. The predicted molar refractivity (Wildman–Crippen MR) is 111 cm³/mol. The molecule has 0 spiro atoms. The van der Waals surface area contributed by atoms with Crippen LogP contribution in [0.15, 0.2) is 28.9 Å². The smallest absolute Gasteiger partial charge is 0.303 e. The van der Waals surface area contributed by atoms with Crippen molar-refractivity contribution in [2.45, 2.75) is 39.2 Å². The van der Waals surface area contributed by atoms with Gasteiger partial charge in [-0.05, 0) is 50.5 Å². The molecule has 0 saturated carbocycles. The van der Waals surface area contributed by atoms with Crippen LogP contribution in [0.25, 0.3) is 22.8 Å². The molecule has 0 aliphatic carbocycles. The highest BCUT2D eigenvalue weighted by atomic mass is 35.5.